The van der Waals surface area contributed by atoms with Gasteiger partial charge in [-0.2, -0.15) is 0 Å². The van der Waals surface area contributed by atoms with Gasteiger partial charge in [0.15, 0.2) is 5.58 Å². The first-order chi connectivity index (χ1) is 14.0. The van der Waals surface area contributed by atoms with E-state index in [0.717, 1.165) is 12.8 Å². The van der Waals surface area contributed by atoms with E-state index in [1.54, 1.807) is 24.3 Å². The van der Waals surface area contributed by atoms with Crippen LogP contribution in [0.2, 0.25) is 0 Å². The Bertz CT molecular complexity index is 1080. The molecular formula is C21H19BrFN3O3. The van der Waals surface area contributed by atoms with Gasteiger partial charge in [-0.05, 0) is 71.6 Å². The zero-order valence-electron chi connectivity index (χ0n) is 15.5. The van der Waals surface area contributed by atoms with Gasteiger partial charge in [0.1, 0.15) is 11.3 Å². The third-order valence-electron chi connectivity index (χ3n) is 4.66. The Hall–Kier alpha value is -2.74. The number of hydrogen-bond donors (Lipinski definition) is 2. The van der Waals surface area contributed by atoms with E-state index in [2.05, 4.69) is 31.5 Å². The standard InChI is InChI=1S/C21H19BrFN3O3/c22-16-7-5-13(23)10-15(16)21-26-17-11-14(6-8-18(17)29-21)25-19(27)2-1-9-24-20(28)12-3-4-12/h5-8,10-12H,1-4,9H2,(H,24,28)(H,25,27). The van der Waals surface area contributed by atoms with E-state index in [0.29, 0.717) is 52.1 Å². The highest BCUT2D eigenvalue weighted by atomic mass is 79.9. The van der Waals surface area contributed by atoms with E-state index >= 15 is 0 Å². The third-order valence-corrected chi connectivity index (χ3v) is 5.35. The van der Waals surface area contributed by atoms with Crippen LogP contribution in [0.1, 0.15) is 25.7 Å². The van der Waals surface area contributed by atoms with Crippen LogP contribution in [0.5, 0.6) is 0 Å². The molecule has 1 heterocycles. The van der Waals surface area contributed by atoms with Crippen molar-refractivity contribution in [3.8, 4) is 11.5 Å². The highest BCUT2D eigenvalue weighted by Crippen LogP contribution is 2.32. The van der Waals surface area contributed by atoms with Crippen molar-refractivity contribution in [2.75, 3.05) is 11.9 Å². The van der Waals surface area contributed by atoms with Gasteiger partial charge in [0.25, 0.3) is 0 Å². The average Bonchev–Trinajstić information content (AvgIpc) is 3.46. The molecule has 2 aromatic carbocycles. The molecule has 4 rings (SSSR count). The first kappa shape index (κ1) is 19.6. The number of amides is 2. The van der Waals surface area contributed by atoms with Crippen LogP contribution in [0.3, 0.4) is 0 Å². The van der Waals surface area contributed by atoms with Crippen molar-refractivity contribution in [2.45, 2.75) is 25.7 Å². The van der Waals surface area contributed by atoms with Crippen molar-refractivity contribution in [1.29, 1.82) is 0 Å². The fourth-order valence-electron chi connectivity index (χ4n) is 2.96. The molecule has 1 saturated carbocycles. The van der Waals surface area contributed by atoms with E-state index < -0.39 is 0 Å². The molecule has 2 amide bonds. The number of oxazole rings is 1. The number of nitrogens with zero attached hydrogens (tertiary/aromatic N) is 1. The molecule has 6 nitrogen and oxygen atoms in total. The molecule has 0 radical (unpaired) electrons. The minimum Gasteiger partial charge on any atom is -0.436 e. The van der Waals surface area contributed by atoms with Crippen molar-refractivity contribution < 1.29 is 18.4 Å². The fraction of sp³-hybridized carbons (Fsp3) is 0.286. The summed E-state index contributed by atoms with van der Waals surface area (Å²) in [6.45, 7) is 0.497. The SMILES string of the molecule is O=C(CCCNC(=O)C1CC1)Nc1ccc2oc(-c3cc(F)ccc3Br)nc2c1. The molecule has 1 aromatic heterocycles. The lowest BCUT2D eigenvalue weighted by Gasteiger charge is -2.06. The molecule has 0 aliphatic heterocycles. The molecule has 150 valence electrons. The predicted molar refractivity (Wildman–Crippen MR) is 111 cm³/mol. The molecular weight excluding hydrogens is 441 g/mol. The molecule has 8 heteroatoms. The summed E-state index contributed by atoms with van der Waals surface area (Å²) in [4.78, 5) is 28.1. The number of anilines is 1. The maximum absolute atomic E-state index is 13.5. The van der Waals surface area contributed by atoms with Crippen LogP contribution in [0.15, 0.2) is 45.3 Å². The molecule has 3 aromatic rings. The van der Waals surface area contributed by atoms with Crippen LogP contribution < -0.4 is 10.6 Å². The Morgan fingerprint density at radius 3 is 2.83 bits per heavy atom. The van der Waals surface area contributed by atoms with Gasteiger partial charge in [0, 0.05) is 29.0 Å². The summed E-state index contributed by atoms with van der Waals surface area (Å²) in [6, 6.07) is 9.44. The first-order valence-corrected chi connectivity index (χ1v) is 10.2. The Labute approximate surface area is 175 Å². The van der Waals surface area contributed by atoms with Crippen LogP contribution in [-0.4, -0.2) is 23.3 Å². The van der Waals surface area contributed by atoms with Crippen molar-refractivity contribution in [3.05, 3.63) is 46.7 Å². The summed E-state index contributed by atoms with van der Waals surface area (Å²) in [5.74, 6) is 0.0353. The second-order valence-electron chi connectivity index (χ2n) is 7.04. The van der Waals surface area contributed by atoms with Crippen molar-refractivity contribution in [3.63, 3.8) is 0 Å². The Morgan fingerprint density at radius 1 is 1.21 bits per heavy atom. The number of halogens is 2. The first-order valence-electron chi connectivity index (χ1n) is 9.43. The summed E-state index contributed by atoms with van der Waals surface area (Å²) in [6.07, 6.45) is 2.82. The lowest BCUT2D eigenvalue weighted by molar-refractivity contribution is -0.122. The van der Waals surface area contributed by atoms with Gasteiger partial charge >= 0.3 is 0 Å². The number of carbonyl (C=O) groups is 2. The van der Waals surface area contributed by atoms with E-state index in [-0.39, 0.29) is 23.5 Å². The smallest absolute Gasteiger partial charge is 0.228 e. The van der Waals surface area contributed by atoms with Crippen LogP contribution >= 0.6 is 15.9 Å². The summed E-state index contributed by atoms with van der Waals surface area (Å²) in [7, 11) is 0. The van der Waals surface area contributed by atoms with Crippen LogP contribution in [0, 0.1) is 11.7 Å². The molecule has 1 aliphatic carbocycles. The summed E-state index contributed by atoms with van der Waals surface area (Å²) >= 11 is 3.37. The van der Waals surface area contributed by atoms with Gasteiger partial charge in [-0.3, -0.25) is 9.59 Å². The van der Waals surface area contributed by atoms with Crippen molar-refractivity contribution >= 4 is 44.5 Å². The van der Waals surface area contributed by atoms with Gasteiger partial charge in [-0.1, -0.05) is 0 Å². The van der Waals surface area contributed by atoms with E-state index in [1.165, 1.54) is 12.1 Å². The molecule has 1 fully saturated rings. The molecule has 1 aliphatic rings. The van der Waals surface area contributed by atoms with Gasteiger partial charge in [-0.15, -0.1) is 0 Å². The summed E-state index contributed by atoms with van der Waals surface area (Å²) in [5.41, 5.74) is 2.21. The monoisotopic (exact) mass is 459 g/mol. The van der Waals surface area contributed by atoms with E-state index in [9.17, 15) is 14.0 Å². The highest BCUT2D eigenvalue weighted by molar-refractivity contribution is 9.10. The topological polar surface area (TPSA) is 84.2 Å². The third kappa shape index (κ3) is 4.82. The summed E-state index contributed by atoms with van der Waals surface area (Å²) in [5, 5.41) is 5.67. The zero-order chi connectivity index (χ0) is 20.4. The maximum atomic E-state index is 13.5. The largest absolute Gasteiger partial charge is 0.436 e. The second-order valence-corrected chi connectivity index (χ2v) is 7.90. The Morgan fingerprint density at radius 2 is 2.03 bits per heavy atom. The van der Waals surface area contributed by atoms with E-state index in [1.807, 2.05) is 0 Å². The molecule has 0 unspecified atom stereocenters. The predicted octanol–water partition coefficient (Wildman–Crippen LogP) is 4.64. The number of aromatic nitrogens is 1. The minimum atomic E-state index is -0.383. The number of nitrogens with one attached hydrogen (secondary N) is 2. The number of rotatable bonds is 7. The number of carbonyl (C=O) groups excluding carboxylic acids is 2. The lowest BCUT2D eigenvalue weighted by atomic mass is 10.2. The molecule has 0 atom stereocenters. The minimum absolute atomic E-state index is 0.0858. The number of fused-ring (bicyclic) bond motifs is 1. The molecule has 0 bridgehead atoms. The van der Waals surface area contributed by atoms with Crippen LogP contribution in [0.4, 0.5) is 10.1 Å². The van der Waals surface area contributed by atoms with Crippen LogP contribution in [0.25, 0.3) is 22.6 Å². The molecule has 0 spiro atoms. The lowest BCUT2D eigenvalue weighted by Crippen LogP contribution is -2.26. The fourth-order valence-corrected chi connectivity index (χ4v) is 3.37. The summed E-state index contributed by atoms with van der Waals surface area (Å²) < 4.78 is 19.9. The maximum Gasteiger partial charge on any atom is 0.228 e. The van der Waals surface area contributed by atoms with Gasteiger partial charge in [0.2, 0.25) is 17.7 Å². The Kier molecular flexibility index (Phi) is 5.62. The second kappa shape index (κ2) is 8.32. The van der Waals surface area contributed by atoms with Gasteiger partial charge in [-0.25, -0.2) is 9.37 Å². The average molecular weight is 460 g/mol. The molecule has 0 saturated heterocycles. The zero-order valence-corrected chi connectivity index (χ0v) is 17.1. The number of benzene rings is 2. The normalized spacial score (nSPS) is 13.4. The van der Waals surface area contributed by atoms with Crippen LogP contribution in [-0.2, 0) is 9.59 Å². The van der Waals surface area contributed by atoms with Gasteiger partial charge < -0.3 is 15.1 Å². The molecule has 2 N–H and O–H groups in total. The van der Waals surface area contributed by atoms with Crippen molar-refractivity contribution in [2.24, 2.45) is 5.92 Å². The van der Waals surface area contributed by atoms with E-state index in [4.69, 9.17) is 4.42 Å². The highest BCUT2D eigenvalue weighted by Gasteiger charge is 2.29. The van der Waals surface area contributed by atoms with Gasteiger partial charge in [0.05, 0.1) is 5.56 Å². The number of hydrogen-bond acceptors (Lipinski definition) is 4. The van der Waals surface area contributed by atoms with Crippen molar-refractivity contribution in [1.82, 2.24) is 10.3 Å². The molecule has 29 heavy (non-hydrogen) atoms. The Balaban J connectivity index is 1.37. The quantitative estimate of drug-likeness (QED) is 0.504.